The monoisotopic (exact) mass is 466 g/mol. The van der Waals surface area contributed by atoms with E-state index in [-0.39, 0.29) is 24.0 Å². The predicted molar refractivity (Wildman–Crippen MR) is 124 cm³/mol. The number of aromatic nitrogens is 2. The van der Waals surface area contributed by atoms with E-state index in [1.165, 1.54) is 10.4 Å². The Morgan fingerprint density at radius 1 is 1.03 bits per heavy atom. The maximum Gasteiger partial charge on any atom is 0.332 e. The van der Waals surface area contributed by atoms with E-state index in [9.17, 15) is 14.7 Å². The minimum Gasteiger partial charge on any atom is -0.478 e. The summed E-state index contributed by atoms with van der Waals surface area (Å²) in [5.41, 5.74) is 3.23. The molecule has 2 aromatic rings. The van der Waals surface area contributed by atoms with Crippen LogP contribution >= 0.6 is 11.3 Å². The number of hydrogen-bond acceptors (Lipinski definition) is 6. The minimum atomic E-state index is -0.907. The van der Waals surface area contributed by atoms with Gasteiger partial charge in [0.15, 0.2) is 11.6 Å². The number of allylic oxidation sites excluding steroid dienone is 1. The van der Waals surface area contributed by atoms with E-state index in [1.807, 2.05) is 0 Å². The molecule has 7 heteroatoms. The lowest BCUT2D eigenvalue weighted by molar-refractivity contribution is -0.134. The Kier molecular flexibility index (Phi) is 5.28. The average molecular weight is 467 g/mol. The third kappa shape index (κ3) is 3.69. The number of nitrogens with zero attached hydrogens (tertiary/aromatic N) is 2. The highest BCUT2D eigenvalue weighted by Crippen LogP contribution is 2.48. The Morgan fingerprint density at radius 2 is 1.73 bits per heavy atom. The normalized spacial score (nSPS) is 26.5. The van der Waals surface area contributed by atoms with Crippen LogP contribution in [0.3, 0.4) is 0 Å². The number of hydrogen-bond donors (Lipinski definition) is 1. The highest BCUT2D eigenvalue weighted by atomic mass is 32.1. The Hall–Kier alpha value is -2.28. The number of Topliss-reactive ketones (excluding diaryl/α,β-unsaturated/α-hetero) is 1. The number of carboxylic acid groups (broad SMARTS) is 1. The van der Waals surface area contributed by atoms with E-state index < -0.39 is 5.97 Å². The summed E-state index contributed by atoms with van der Waals surface area (Å²) in [6.07, 6.45) is 10.4. The number of fused-ring (bicyclic) bond motifs is 3. The van der Waals surface area contributed by atoms with E-state index in [4.69, 9.17) is 9.51 Å². The maximum absolute atomic E-state index is 13.6. The Bertz CT molecular complexity index is 1150. The maximum atomic E-state index is 13.6. The predicted octanol–water partition coefficient (Wildman–Crippen LogP) is 5.50. The van der Waals surface area contributed by atoms with Gasteiger partial charge < -0.3 is 9.63 Å². The van der Waals surface area contributed by atoms with Crippen molar-refractivity contribution in [1.29, 1.82) is 0 Å². The van der Waals surface area contributed by atoms with Gasteiger partial charge in [0.25, 0.3) is 5.89 Å². The molecular weight excluding hydrogens is 436 g/mol. The van der Waals surface area contributed by atoms with Crippen LogP contribution in [0.4, 0.5) is 0 Å². The molecule has 0 radical (unpaired) electrons. The van der Waals surface area contributed by atoms with Gasteiger partial charge in [-0.25, -0.2) is 4.79 Å². The summed E-state index contributed by atoms with van der Waals surface area (Å²) >= 11 is 1.71. The fraction of sp³-hybridized carbons (Fsp3) is 0.615. The van der Waals surface area contributed by atoms with Crippen molar-refractivity contribution in [2.45, 2.75) is 83.5 Å². The van der Waals surface area contributed by atoms with Crippen LogP contribution in [0.1, 0.15) is 85.4 Å². The van der Waals surface area contributed by atoms with Crippen molar-refractivity contribution in [2.75, 3.05) is 0 Å². The molecule has 174 valence electrons. The van der Waals surface area contributed by atoms with Gasteiger partial charge in [-0.1, -0.05) is 18.5 Å². The van der Waals surface area contributed by atoms with Crippen molar-refractivity contribution in [1.82, 2.24) is 10.1 Å². The van der Waals surface area contributed by atoms with Crippen molar-refractivity contribution in [2.24, 2.45) is 17.8 Å². The number of thiophene rings is 1. The minimum absolute atomic E-state index is 0.0179. The van der Waals surface area contributed by atoms with Gasteiger partial charge in [-0.2, -0.15) is 4.98 Å². The number of ketones is 1. The van der Waals surface area contributed by atoms with Crippen molar-refractivity contribution < 1.29 is 19.2 Å². The summed E-state index contributed by atoms with van der Waals surface area (Å²) in [7, 11) is 0. The van der Waals surface area contributed by atoms with Crippen molar-refractivity contribution in [3.63, 3.8) is 0 Å². The van der Waals surface area contributed by atoms with E-state index >= 15 is 0 Å². The average Bonchev–Trinajstić information content (AvgIpc) is 3.46. The molecule has 0 aromatic carbocycles. The fourth-order valence-electron chi connectivity index (χ4n) is 6.30. The Morgan fingerprint density at radius 3 is 2.39 bits per heavy atom. The largest absolute Gasteiger partial charge is 0.478 e. The molecule has 7 rings (SSSR count). The van der Waals surface area contributed by atoms with Gasteiger partial charge in [0.05, 0.1) is 5.56 Å². The molecule has 0 amide bonds. The second-order valence-electron chi connectivity index (χ2n) is 10.3. The molecule has 0 spiro atoms. The van der Waals surface area contributed by atoms with Crippen LogP contribution in [-0.4, -0.2) is 27.0 Å². The first kappa shape index (κ1) is 21.3. The first-order valence-corrected chi connectivity index (χ1v) is 13.3. The third-order valence-corrected chi connectivity index (χ3v) is 9.56. The van der Waals surface area contributed by atoms with Gasteiger partial charge in [-0.15, -0.1) is 11.3 Å². The number of rotatable bonds is 7. The molecule has 1 N–H and O–H groups in total. The fourth-order valence-corrected chi connectivity index (χ4v) is 7.76. The zero-order chi connectivity index (χ0) is 22.7. The topological polar surface area (TPSA) is 93.3 Å². The molecular formula is C26H30N2O4S. The van der Waals surface area contributed by atoms with E-state index in [1.54, 1.807) is 11.3 Å². The smallest absolute Gasteiger partial charge is 0.332 e. The molecule has 1 unspecified atom stereocenters. The van der Waals surface area contributed by atoms with E-state index in [0.717, 1.165) is 80.5 Å². The van der Waals surface area contributed by atoms with E-state index in [0.29, 0.717) is 28.9 Å². The second-order valence-corrected chi connectivity index (χ2v) is 11.5. The van der Waals surface area contributed by atoms with Gasteiger partial charge in [0, 0.05) is 33.2 Å². The molecule has 2 heterocycles. The molecule has 6 nitrogen and oxygen atoms in total. The second kappa shape index (κ2) is 8.19. The van der Waals surface area contributed by atoms with Crippen molar-refractivity contribution in [3.8, 4) is 11.5 Å². The standard InChI is InChI=1S/C26H30N2O4S/c1-2-13-3-10-17-19(11-13)33-20(23(17)25-27-24(28-32-25)16-8-9-16)12-18(29)21-14-4-6-15(7-5-14)22(21)26(30)31/h13-16H,2-12H2,1H3,(H,30,31). The van der Waals surface area contributed by atoms with E-state index in [2.05, 4.69) is 12.1 Å². The molecule has 5 aliphatic rings. The van der Waals surface area contributed by atoms with Crippen LogP contribution in [0, 0.1) is 17.8 Å². The lowest BCUT2D eigenvalue weighted by atomic mass is 9.65. The summed E-state index contributed by atoms with van der Waals surface area (Å²) in [6.45, 7) is 2.24. The summed E-state index contributed by atoms with van der Waals surface area (Å²) in [6, 6.07) is 0. The molecule has 33 heavy (non-hydrogen) atoms. The Labute approximate surface area is 197 Å². The third-order valence-electron chi connectivity index (χ3n) is 8.30. The number of aliphatic carboxylic acids is 1. The summed E-state index contributed by atoms with van der Waals surface area (Å²) in [5, 5.41) is 14.1. The molecule has 5 aliphatic carbocycles. The van der Waals surface area contributed by atoms with Gasteiger partial charge >= 0.3 is 5.97 Å². The first-order valence-electron chi connectivity index (χ1n) is 12.5. The van der Waals surface area contributed by atoms with Gasteiger partial charge in [-0.05, 0) is 81.1 Å². The molecule has 0 saturated heterocycles. The van der Waals surface area contributed by atoms with Gasteiger partial charge in [0.2, 0.25) is 0 Å². The Balaban J connectivity index is 1.39. The lowest BCUT2D eigenvalue weighted by Crippen LogP contribution is -2.34. The number of carbonyl (C=O) groups is 2. The molecule has 0 aliphatic heterocycles. The van der Waals surface area contributed by atoms with Crippen LogP contribution in [-0.2, 0) is 28.9 Å². The molecule has 2 saturated carbocycles. The summed E-state index contributed by atoms with van der Waals surface area (Å²) in [4.78, 5) is 32.7. The number of carbonyl (C=O) groups excluding carboxylic acids is 1. The summed E-state index contributed by atoms with van der Waals surface area (Å²) in [5.74, 6) is 1.62. The molecule has 1 atom stereocenters. The SMILES string of the molecule is CCC1CCc2c(sc(CC(=O)C3=C(C(=O)O)C4CCC3CC4)c2-c2nc(C3CC3)no2)C1. The molecule has 2 fully saturated rings. The molecule has 2 bridgehead atoms. The highest BCUT2D eigenvalue weighted by Gasteiger charge is 2.41. The quantitative estimate of drug-likeness (QED) is 0.579. The molecule has 2 aromatic heterocycles. The first-order chi connectivity index (χ1) is 16.0. The van der Waals surface area contributed by atoms with Crippen LogP contribution in [0.5, 0.6) is 0 Å². The number of carboxylic acids is 1. The van der Waals surface area contributed by atoms with Crippen molar-refractivity contribution >= 4 is 23.1 Å². The van der Waals surface area contributed by atoms with Crippen LogP contribution in [0.15, 0.2) is 15.7 Å². The van der Waals surface area contributed by atoms with Crippen molar-refractivity contribution in [3.05, 3.63) is 32.3 Å². The zero-order valence-electron chi connectivity index (χ0n) is 19.1. The summed E-state index contributed by atoms with van der Waals surface area (Å²) < 4.78 is 5.73. The van der Waals surface area contributed by atoms with Crippen LogP contribution in [0.2, 0.25) is 0 Å². The zero-order valence-corrected chi connectivity index (χ0v) is 19.9. The van der Waals surface area contributed by atoms with Gasteiger partial charge in [-0.3, -0.25) is 4.79 Å². The highest BCUT2D eigenvalue weighted by molar-refractivity contribution is 7.12. The van der Waals surface area contributed by atoms with Crippen LogP contribution in [0.25, 0.3) is 11.5 Å². The van der Waals surface area contributed by atoms with Crippen LogP contribution < -0.4 is 0 Å². The van der Waals surface area contributed by atoms with Gasteiger partial charge in [0.1, 0.15) is 0 Å². The lowest BCUT2D eigenvalue weighted by Gasteiger charge is -2.38.